The standard InChI is InChI=1S/C7H11N.C3H8/c1-2-7(6-8)4-3-5-7;1-3-2/h2-5H2,1H3;3H2,1-2H3. The molecular formula is C10H19N. The zero-order valence-corrected chi connectivity index (χ0v) is 7.98. The SMILES string of the molecule is CCC.CCC1(C#N)CCC1. The first-order chi connectivity index (χ1) is 5.24. The van der Waals surface area contributed by atoms with Crippen LogP contribution in [0.15, 0.2) is 0 Å². The minimum absolute atomic E-state index is 0.111. The third-order valence-corrected chi connectivity index (χ3v) is 2.22. The van der Waals surface area contributed by atoms with E-state index in [-0.39, 0.29) is 5.41 Å². The molecule has 1 fully saturated rings. The van der Waals surface area contributed by atoms with Crippen LogP contribution < -0.4 is 0 Å². The highest BCUT2D eigenvalue weighted by Crippen LogP contribution is 2.42. The third-order valence-electron chi connectivity index (χ3n) is 2.22. The average molecular weight is 153 g/mol. The predicted octanol–water partition coefficient (Wildman–Crippen LogP) is 3.51. The molecule has 1 aliphatic rings. The van der Waals surface area contributed by atoms with Crippen molar-refractivity contribution in [3.63, 3.8) is 0 Å². The Bertz CT molecular complexity index is 123. The van der Waals surface area contributed by atoms with Gasteiger partial charge in [0.15, 0.2) is 0 Å². The van der Waals surface area contributed by atoms with E-state index in [4.69, 9.17) is 5.26 Å². The topological polar surface area (TPSA) is 23.8 Å². The summed E-state index contributed by atoms with van der Waals surface area (Å²) in [5.41, 5.74) is 0.111. The monoisotopic (exact) mass is 153 g/mol. The summed E-state index contributed by atoms with van der Waals surface area (Å²) in [6, 6.07) is 2.36. The maximum absolute atomic E-state index is 8.59. The molecule has 0 bridgehead atoms. The molecule has 64 valence electrons. The molecule has 0 aromatic rings. The van der Waals surface area contributed by atoms with Crippen LogP contribution in [0.25, 0.3) is 0 Å². The van der Waals surface area contributed by atoms with Crippen molar-refractivity contribution in [2.24, 2.45) is 5.41 Å². The summed E-state index contributed by atoms with van der Waals surface area (Å²) in [6.45, 7) is 6.35. The first-order valence-corrected chi connectivity index (χ1v) is 4.66. The second-order valence-electron chi connectivity index (χ2n) is 3.31. The summed E-state index contributed by atoms with van der Waals surface area (Å²) in [4.78, 5) is 0. The molecule has 0 unspecified atom stereocenters. The zero-order chi connectivity index (χ0) is 8.74. The van der Waals surface area contributed by atoms with Crippen molar-refractivity contribution < 1.29 is 0 Å². The molecule has 0 atom stereocenters. The van der Waals surface area contributed by atoms with Gasteiger partial charge >= 0.3 is 0 Å². The summed E-state index contributed by atoms with van der Waals surface area (Å²) < 4.78 is 0. The van der Waals surface area contributed by atoms with E-state index in [1.807, 2.05) is 0 Å². The molecule has 0 spiro atoms. The van der Waals surface area contributed by atoms with Crippen molar-refractivity contribution in [2.75, 3.05) is 0 Å². The van der Waals surface area contributed by atoms with Gasteiger partial charge in [-0.25, -0.2) is 0 Å². The zero-order valence-electron chi connectivity index (χ0n) is 7.98. The van der Waals surface area contributed by atoms with E-state index >= 15 is 0 Å². The molecule has 0 radical (unpaired) electrons. The Morgan fingerprint density at radius 1 is 1.27 bits per heavy atom. The Morgan fingerprint density at radius 2 is 1.73 bits per heavy atom. The van der Waals surface area contributed by atoms with Gasteiger partial charge in [-0.1, -0.05) is 33.6 Å². The Kier molecular flexibility index (Phi) is 4.94. The summed E-state index contributed by atoms with van der Waals surface area (Å²) >= 11 is 0. The molecule has 0 N–H and O–H groups in total. The van der Waals surface area contributed by atoms with Crippen LogP contribution in [-0.4, -0.2) is 0 Å². The highest BCUT2D eigenvalue weighted by atomic mass is 14.4. The Morgan fingerprint density at radius 3 is 1.73 bits per heavy atom. The van der Waals surface area contributed by atoms with E-state index < -0.39 is 0 Å². The minimum Gasteiger partial charge on any atom is -0.198 e. The van der Waals surface area contributed by atoms with Crippen LogP contribution in [0, 0.1) is 16.7 Å². The molecule has 1 aliphatic carbocycles. The molecule has 1 saturated carbocycles. The third kappa shape index (κ3) is 2.93. The summed E-state index contributed by atoms with van der Waals surface area (Å²) in [6.07, 6.45) is 5.84. The van der Waals surface area contributed by atoms with E-state index in [0.717, 1.165) is 19.3 Å². The van der Waals surface area contributed by atoms with Gasteiger partial charge in [0, 0.05) is 0 Å². The van der Waals surface area contributed by atoms with Gasteiger partial charge in [0.25, 0.3) is 0 Å². The van der Waals surface area contributed by atoms with Gasteiger partial charge in [0.2, 0.25) is 0 Å². The first kappa shape index (κ1) is 10.5. The van der Waals surface area contributed by atoms with E-state index in [1.165, 1.54) is 12.8 Å². The van der Waals surface area contributed by atoms with Crippen molar-refractivity contribution in [1.82, 2.24) is 0 Å². The maximum Gasteiger partial charge on any atom is 0.0689 e. The summed E-state index contributed by atoms with van der Waals surface area (Å²) in [7, 11) is 0. The fourth-order valence-corrected chi connectivity index (χ4v) is 1.15. The van der Waals surface area contributed by atoms with Crippen molar-refractivity contribution >= 4 is 0 Å². The molecule has 1 heteroatoms. The van der Waals surface area contributed by atoms with Crippen LogP contribution in [0.2, 0.25) is 0 Å². The van der Waals surface area contributed by atoms with Gasteiger partial charge in [0.05, 0.1) is 11.5 Å². The van der Waals surface area contributed by atoms with Crippen LogP contribution >= 0.6 is 0 Å². The minimum atomic E-state index is 0.111. The molecule has 1 nitrogen and oxygen atoms in total. The molecular weight excluding hydrogens is 134 g/mol. The van der Waals surface area contributed by atoms with Gasteiger partial charge in [0.1, 0.15) is 0 Å². The van der Waals surface area contributed by atoms with Crippen LogP contribution in [0.3, 0.4) is 0 Å². The van der Waals surface area contributed by atoms with Gasteiger partial charge in [-0.3, -0.25) is 0 Å². The van der Waals surface area contributed by atoms with Gasteiger partial charge < -0.3 is 0 Å². The smallest absolute Gasteiger partial charge is 0.0689 e. The quantitative estimate of drug-likeness (QED) is 0.565. The Balaban J connectivity index is 0.000000292. The predicted molar refractivity (Wildman–Crippen MR) is 48.2 cm³/mol. The average Bonchev–Trinajstić information content (AvgIpc) is 1.90. The second kappa shape index (κ2) is 5.18. The normalized spacial score (nSPS) is 18.7. The van der Waals surface area contributed by atoms with Gasteiger partial charge in [-0.05, 0) is 19.3 Å². The van der Waals surface area contributed by atoms with Gasteiger partial charge in [-0.15, -0.1) is 0 Å². The molecule has 0 amide bonds. The highest BCUT2D eigenvalue weighted by Gasteiger charge is 2.34. The van der Waals surface area contributed by atoms with Crippen LogP contribution in [0.5, 0.6) is 0 Å². The molecule has 11 heavy (non-hydrogen) atoms. The number of hydrogen-bond donors (Lipinski definition) is 0. The van der Waals surface area contributed by atoms with E-state index in [2.05, 4.69) is 26.8 Å². The van der Waals surface area contributed by atoms with Crippen molar-refractivity contribution in [3.8, 4) is 6.07 Å². The molecule has 0 saturated heterocycles. The number of nitriles is 1. The van der Waals surface area contributed by atoms with E-state index in [9.17, 15) is 0 Å². The lowest BCUT2D eigenvalue weighted by Gasteiger charge is -2.33. The molecule has 0 aromatic heterocycles. The molecule has 0 heterocycles. The number of nitrogens with zero attached hydrogens (tertiary/aromatic N) is 1. The van der Waals surface area contributed by atoms with E-state index in [1.54, 1.807) is 0 Å². The fraction of sp³-hybridized carbons (Fsp3) is 0.900. The highest BCUT2D eigenvalue weighted by molar-refractivity contribution is 5.03. The molecule has 0 aromatic carbocycles. The number of rotatable bonds is 1. The van der Waals surface area contributed by atoms with Gasteiger partial charge in [-0.2, -0.15) is 5.26 Å². The summed E-state index contributed by atoms with van der Waals surface area (Å²) in [5.74, 6) is 0. The molecule has 1 rings (SSSR count). The Labute approximate surface area is 70.4 Å². The van der Waals surface area contributed by atoms with Crippen LogP contribution in [-0.2, 0) is 0 Å². The second-order valence-corrected chi connectivity index (χ2v) is 3.31. The first-order valence-electron chi connectivity index (χ1n) is 4.66. The number of hydrogen-bond acceptors (Lipinski definition) is 1. The fourth-order valence-electron chi connectivity index (χ4n) is 1.15. The van der Waals surface area contributed by atoms with Crippen molar-refractivity contribution in [1.29, 1.82) is 5.26 Å². The van der Waals surface area contributed by atoms with Crippen LogP contribution in [0.1, 0.15) is 52.9 Å². The van der Waals surface area contributed by atoms with Crippen LogP contribution in [0.4, 0.5) is 0 Å². The largest absolute Gasteiger partial charge is 0.198 e. The van der Waals surface area contributed by atoms with Crippen molar-refractivity contribution in [3.05, 3.63) is 0 Å². The lowest BCUT2D eigenvalue weighted by Crippen LogP contribution is -2.25. The maximum atomic E-state index is 8.59. The Hall–Kier alpha value is -0.510. The molecule has 0 aliphatic heterocycles. The lowest BCUT2D eigenvalue weighted by atomic mass is 9.68. The lowest BCUT2D eigenvalue weighted by molar-refractivity contribution is 0.207. The summed E-state index contributed by atoms with van der Waals surface area (Å²) in [5, 5.41) is 8.59. The van der Waals surface area contributed by atoms with E-state index in [0.29, 0.717) is 0 Å². The van der Waals surface area contributed by atoms with Crippen molar-refractivity contribution in [2.45, 2.75) is 52.9 Å².